The van der Waals surface area contributed by atoms with Crippen molar-refractivity contribution in [3.05, 3.63) is 69.8 Å². The minimum Gasteiger partial charge on any atom is -0.370 e. The Morgan fingerprint density at radius 3 is 2.75 bits per heavy atom. The van der Waals surface area contributed by atoms with E-state index in [0.717, 1.165) is 26.1 Å². The molecule has 170 valence electrons. The third kappa shape index (κ3) is 4.79. The van der Waals surface area contributed by atoms with Crippen LogP contribution in [0, 0.1) is 19.7 Å². The van der Waals surface area contributed by atoms with Crippen LogP contribution >= 0.6 is 11.3 Å². The molecule has 3 aromatic rings. The largest absolute Gasteiger partial charge is 0.370 e. The van der Waals surface area contributed by atoms with E-state index in [9.17, 15) is 12.8 Å². The Morgan fingerprint density at radius 2 is 2.03 bits per heavy atom. The summed E-state index contributed by atoms with van der Waals surface area (Å²) in [6.45, 7) is 6.67. The summed E-state index contributed by atoms with van der Waals surface area (Å²) in [4.78, 5) is 8.02. The van der Waals surface area contributed by atoms with Gasteiger partial charge in [-0.25, -0.2) is 17.8 Å². The fourth-order valence-electron chi connectivity index (χ4n) is 4.18. The number of benzene rings is 2. The second-order valence-corrected chi connectivity index (χ2v) is 10.6. The summed E-state index contributed by atoms with van der Waals surface area (Å²) in [6.07, 6.45) is 0.967. The molecular weight excluding hydrogens is 447 g/mol. The Balaban J connectivity index is 1.49. The van der Waals surface area contributed by atoms with E-state index in [2.05, 4.69) is 44.6 Å². The van der Waals surface area contributed by atoms with Gasteiger partial charge in [0.25, 0.3) is 10.0 Å². The molecule has 0 amide bonds. The van der Waals surface area contributed by atoms with E-state index in [-0.39, 0.29) is 16.8 Å². The molecule has 0 aliphatic carbocycles. The minimum atomic E-state index is -4.05. The number of hydrogen-bond acceptors (Lipinski definition) is 6. The number of hydrogen-bond donors (Lipinski definition) is 1. The maximum absolute atomic E-state index is 14.9. The summed E-state index contributed by atoms with van der Waals surface area (Å²) in [5.74, 6) is -0.581. The number of aromatic nitrogens is 1. The standard InChI is InChI=1S/C23H27FN4O2S2/c1-16-6-4-5-7-18(16)12-28-9-8-19(13-28)27(3)21-11-20(24)22(10-17(21)2)32(29,30)26-23-14-31-15-25-23/h4-7,10-11,14-15,19,26H,8-9,12-13H2,1-3H3. The zero-order valence-electron chi connectivity index (χ0n) is 18.4. The summed E-state index contributed by atoms with van der Waals surface area (Å²) in [7, 11) is -2.10. The summed E-state index contributed by atoms with van der Waals surface area (Å²) < 4.78 is 42.6. The molecule has 2 aromatic carbocycles. The first kappa shape index (κ1) is 22.7. The summed E-state index contributed by atoms with van der Waals surface area (Å²) >= 11 is 1.26. The molecule has 4 rings (SSSR count). The van der Waals surface area contributed by atoms with E-state index < -0.39 is 15.8 Å². The van der Waals surface area contributed by atoms with Crippen LogP contribution < -0.4 is 9.62 Å². The zero-order valence-corrected chi connectivity index (χ0v) is 20.0. The van der Waals surface area contributed by atoms with Crippen LogP contribution in [0.15, 0.2) is 52.2 Å². The quantitative estimate of drug-likeness (QED) is 0.550. The lowest BCUT2D eigenvalue weighted by Gasteiger charge is -2.29. The molecule has 1 saturated heterocycles. The minimum absolute atomic E-state index is 0.188. The van der Waals surface area contributed by atoms with Crippen molar-refractivity contribution in [2.24, 2.45) is 0 Å². The third-order valence-corrected chi connectivity index (χ3v) is 8.00. The molecule has 9 heteroatoms. The van der Waals surface area contributed by atoms with Gasteiger partial charge in [-0.1, -0.05) is 24.3 Å². The molecule has 1 aliphatic rings. The Bertz CT molecular complexity index is 1200. The van der Waals surface area contributed by atoms with Gasteiger partial charge in [0.1, 0.15) is 10.7 Å². The maximum atomic E-state index is 14.9. The van der Waals surface area contributed by atoms with Gasteiger partial charge >= 0.3 is 0 Å². The van der Waals surface area contributed by atoms with Crippen LogP contribution in [0.4, 0.5) is 15.9 Å². The molecule has 1 fully saturated rings. The van der Waals surface area contributed by atoms with Crippen LogP contribution in [0.5, 0.6) is 0 Å². The van der Waals surface area contributed by atoms with Crippen LogP contribution in [-0.2, 0) is 16.6 Å². The molecular formula is C23H27FN4O2S2. The first-order valence-electron chi connectivity index (χ1n) is 10.5. The first-order valence-corrected chi connectivity index (χ1v) is 12.9. The number of halogens is 1. The fourth-order valence-corrected chi connectivity index (χ4v) is 5.89. The molecule has 2 heterocycles. The van der Waals surface area contributed by atoms with Crippen molar-refractivity contribution in [3.63, 3.8) is 0 Å². The summed E-state index contributed by atoms with van der Waals surface area (Å²) in [6, 6.07) is 11.4. The molecule has 0 bridgehead atoms. The van der Waals surface area contributed by atoms with Gasteiger partial charge in [0.2, 0.25) is 0 Å². The van der Waals surface area contributed by atoms with E-state index in [0.29, 0.717) is 11.3 Å². The van der Waals surface area contributed by atoms with Crippen molar-refractivity contribution in [1.29, 1.82) is 0 Å². The van der Waals surface area contributed by atoms with E-state index in [1.165, 1.54) is 40.1 Å². The van der Waals surface area contributed by atoms with Crippen molar-refractivity contribution in [1.82, 2.24) is 9.88 Å². The highest BCUT2D eigenvalue weighted by Gasteiger charge is 2.29. The smallest absolute Gasteiger partial charge is 0.266 e. The molecule has 0 saturated carbocycles. The van der Waals surface area contributed by atoms with Gasteiger partial charge in [0.05, 0.1) is 5.51 Å². The predicted octanol–water partition coefficient (Wildman–Crippen LogP) is 4.41. The highest BCUT2D eigenvalue weighted by Crippen LogP contribution is 2.30. The average Bonchev–Trinajstić information content (AvgIpc) is 3.42. The Hall–Kier alpha value is -2.49. The van der Waals surface area contributed by atoms with E-state index >= 15 is 0 Å². The average molecular weight is 475 g/mol. The Morgan fingerprint density at radius 1 is 1.25 bits per heavy atom. The third-order valence-electron chi connectivity index (χ3n) is 6.04. The van der Waals surface area contributed by atoms with Crippen LogP contribution in [0.3, 0.4) is 0 Å². The monoisotopic (exact) mass is 474 g/mol. The van der Waals surface area contributed by atoms with Crippen LogP contribution in [0.2, 0.25) is 0 Å². The number of likely N-dealkylation sites (N-methyl/N-ethyl adjacent to an activating group) is 1. The lowest BCUT2D eigenvalue weighted by molar-refractivity contribution is 0.325. The number of likely N-dealkylation sites (tertiary alicyclic amines) is 1. The van der Waals surface area contributed by atoms with Gasteiger partial charge < -0.3 is 4.90 Å². The molecule has 32 heavy (non-hydrogen) atoms. The molecule has 1 atom stereocenters. The second kappa shape index (κ2) is 9.17. The van der Waals surface area contributed by atoms with Gasteiger partial charge in [0.15, 0.2) is 5.82 Å². The predicted molar refractivity (Wildman–Crippen MR) is 127 cm³/mol. The number of thiazole rings is 1. The van der Waals surface area contributed by atoms with Crippen molar-refractivity contribution in [2.45, 2.75) is 37.8 Å². The van der Waals surface area contributed by atoms with E-state index in [4.69, 9.17) is 0 Å². The van der Waals surface area contributed by atoms with Gasteiger partial charge in [-0.3, -0.25) is 9.62 Å². The SMILES string of the molecule is Cc1ccccc1CN1CCC(N(C)c2cc(F)c(S(=O)(=O)Nc3cscn3)cc2C)C1. The van der Waals surface area contributed by atoms with Crippen molar-refractivity contribution in [3.8, 4) is 0 Å². The van der Waals surface area contributed by atoms with Crippen LogP contribution in [0.1, 0.15) is 23.1 Å². The lowest BCUT2D eigenvalue weighted by Crippen LogP contribution is -2.35. The highest BCUT2D eigenvalue weighted by atomic mass is 32.2. The molecule has 1 aromatic heterocycles. The molecule has 1 aliphatic heterocycles. The number of anilines is 2. The fraction of sp³-hybridized carbons (Fsp3) is 0.348. The first-order chi connectivity index (χ1) is 15.2. The number of nitrogens with zero attached hydrogens (tertiary/aromatic N) is 3. The number of nitrogens with one attached hydrogen (secondary N) is 1. The maximum Gasteiger partial charge on any atom is 0.266 e. The molecule has 1 N–H and O–H groups in total. The van der Waals surface area contributed by atoms with Crippen LogP contribution in [-0.4, -0.2) is 44.5 Å². The lowest BCUT2D eigenvalue weighted by atomic mass is 10.1. The van der Waals surface area contributed by atoms with E-state index in [1.807, 2.05) is 20.0 Å². The molecule has 0 spiro atoms. The van der Waals surface area contributed by atoms with Crippen molar-refractivity contribution < 1.29 is 12.8 Å². The van der Waals surface area contributed by atoms with Gasteiger partial charge in [-0.05, 0) is 49.1 Å². The number of sulfonamides is 1. The normalized spacial score (nSPS) is 16.9. The van der Waals surface area contributed by atoms with Crippen molar-refractivity contribution in [2.75, 3.05) is 29.8 Å². The zero-order chi connectivity index (χ0) is 22.9. The Kier molecular flexibility index (Phi) is 6.50. The topological polar surface area (TPSA) is 65.5 Å². The molecule has 1 unspecified atom stereocenters. The Labute approximate surface area is 192 Å². The molecule has 0 radical (unpaired) electrons. The molecule has 6 nitrogen and oxygen atoms in total. The van der Waals surface area contributed by atoms with Crippen molar-refractivity contribution >= 4 is 32.9 Å². The van der Waals surface area contributed by atoms with E-state index in [1.54, 1.807) is 5.38 Å². The summed E-state index contributed by atoms with van der Waals surface area (Å²) in [5, 5.41) is 1.56. The van der Waals surface area contributed by atoms with Gasteiger partial charge in [0, 0.05) is 43.8 Å². The van der Waals surface area contributed by atoms with Gasteiger partial charge in [-0.2, -0.15) is 0 Å². The number of aryl methyl sites for hydroxylation is 2. The van der Waals surface area contributed by atoms with Gasteiger partial charge in [-0.15, -0.1) is 11.3 Å². The second-order valence-electron chi connectivity index (χ2n) is 8.26. The van der Waals surface area contributed by atoms with Crippen LogP contribution in [0.25, 0.3) is 0 Å². The highest BCUT2D eigenvalue weighted by molar-refractivity contribution is 7.92. The number of rotatable bonds is 7. The summed E-state index contributed by atoms with van der Waals surface area (Å²) in [5.41, 5.74) is 5.54.